The lowest BCUT2D eigenvalue weighted by Crippen LogP contribution is -2.10. The van der Waals surface area contributed by atoms with Crippen molar-refractivity contribution in [3.05, 3.63) is 76.3 Å². The number of carbonyl (C=O) groups is 1. The Morgan fingerprint density at radius 2 is 1.67 bits per heavy atom. The molecule has 0 spiro atoms. The SMILES string of the molecule is Cc1ccccc1C(=O)Oc1ccc2ccccc2c1Br. The minimum absolute atomic E-state index is 0.343. The zero-order valence-corrected chi connectivity index (χ0v) is 13.1. The summed E-state index contributed by atoms with van der Waals surface area (Å²) in [5.74, 6) is 0.186. The lowest BCUT2D eigenvalue weighted by Gasteiger charge is -2.10. The van der Waals surface area contributed by atoms with Crippen LogP contribution in [-0.2, 0) is 0 Å². The summed E-state index contributed by atoms with van der Waals surface area (Å²) in [6.07, 6.45) is 0. The molecule has 0 saturated carbocycles. The van der Waals surface area contributed by atoms with E-state index in [1.54, 1.807) is 6.07 Å². The highest BCUT2D eigenvalue weighted by atomic mass is 79.9. The van der Waals surface area contributed by atoms with Crippen LogP contribution in [0.1, 0.15) is 15.9 Å². The lowest BCUT2D eigenvalue weighted by atomic mass is 10.1. The number of carbonyl (C=O) groups excluding carboxylic acids is 1. The maximum absolute atomic E-state index is 12.3. The van der Waals surface area contributed by atoms with Gasteiger partial charge < -0.3 is 4.74 Å². The van der Waals surface area contributed by atoms with Crippen molar-refractivity contribution in [3.8, 4) is 5.75 Å². The standard InChI is InChI=1S/C18H13BrO2/c1-12-6-2-4-8-14(12)18(20)21-16-11-10-13-7-3-5-9-15(13)17(16)19/h2-11H,1H3. The Balaban J connectivity index is 1.97. The van der Waals surface area contributed by atoms with Gasteiger partial charge in [0.2, 0.25) is 0 Å². The Labute approximate surface area is 131 Å². The first-order valence-corrected chi connectivity index (χ1v) is 7.41. The van der Waals surface area contributed by atoms with Crippen molar-refractivity contribution in [2.45, 2.75) is 6.92 Å². The third-order valence-electron chi connectivity index (χ3n) is 3.40. The van der Waals surface area contributed by atoms with Crippen LogP contribution in [0.3, 0.4) is 0 Å². The minimum Gasteiger partial charge on any atom is -0.422 e. The monoisotopic (exact) mass is 340 g/mol. The number of fused-ring (bicyclic) bond motifs is 1. The van der Waals surface area contributed by atoms with Crippen LogP contribution in [0.2, 0.25) is 0 Å². The van der Waals surface area contributed by atoms with Crippen molar-refractivity contribution in [1.82, 2.24) is 0 Å². The average Bonchev–Trinajstić information content (AvgIpc) is 2.51. The molecule has 0 N–H and O–H groups in total. The summed E-state index contributed by atoms with van der Waals surface area (Å²) in [4.78, 5) is 12.3. The third-order valence-corrected chi connectivity index (χ3v) is 4.21. The molecule has 3 aromatic carbocycles. The second-order valence-electron chi connectivity index (χ2n) is 4.80. The normalized spacial score (nSPS) is 10.6. The van der Waals surface area contributed by atoms with Crippen LogP contribution >= 0.6 is 15.9 Å². The second kappa shape index (κ2) is 5.70. The van der Waals surface area contributed by atoms with E-state index in [9.17, 15) is 4.79 Å². The van der Waals surface area contributed by atoms with Crippen molar-refractivity contribution in [2.75, 3.05) is 0 Å². The molecule has 3 rings (SSSR count). The molecule has 0 unspecified atom stereocenters. The zero-order chi connectivity index (χ0) is 14.8. The first-order valence-electron chi connectivity index (χ1n) is 6.62. The van der Waals surface area contributed by atoms with E-state index in [1.807, 2.05) is 61.5 Å². The Morgan fingerprint density at radius 1 is 0.952 bits per heavy atom. The molecule has 104 valence electrons. The summed E-state index contributed by atoms with van der Waals surface area (Å²) in [6, 6.07) is 19.1. The molecule has 21 heavy (non-hydrogen) atoms. The number of esters is 1. The lowest BCUT2D eigenvalue weighted by molar-refractivity contribution is 0.0733. The topological polar surface area (TPSA) is 26.3 Å². The zero-order valence-electron chi connectivity index (χ0n) is 11.5. The van der Waals surface area contributed by atoms with Gasteiger partial charge in [-0.05, 0) is 51.3 Å². The van der Waals surface area contributed by atoms with Gasteiger partial charge in [0.25, 0.3) is 0 Å². The molecule has 0 heterocycles. The molecule has 3 aromatic rings. The van der Waals surface area contributed by atoms with Gasteiger partial charge in [-0.1, -0.05) is 48.5 Å². The minimum atomic E-state index is -0.343. The molecule has 3 heteroatoms. The van der Waals surface area contributed by atoms with Crippen molar-refractivity contribution in [3.63, 3.8) is 0 Å². The number of hydrogen-bond donors (Lipinski definition) is 0. The summed E-state index contributed by atoms with van der Waals surface area (Å²) in [5, 5.41) is 2.12. The molecular formula is C18H13BrO2. The fraction of sp³-hybridized carbons (Fsp3) is 0.0556. The van der Waals surface area contributed by atoms with E-state index in [0.29, 0.717) is 11.3 Å². The molecule has 0 atom stereocenters. The van der Waals surface area contributed by atoms with E-state index in [2.05, 4.69) is 15.9 Å². The molecular weight excluding hydrogens is 328 g/mol. The summed E-state index contributed by atoms with van der Waals surface area (Å²) in [6.45, 7) is 1.89. The predicted octanol–water partition coefficient (Wildman–Crippen LogP) is 5.13. The van der Waals surface area contributed by atoms with E-state index >= 15 is 0 Å². The maximum atomic E-state index is 12.3. The number of benzene rings is 3. The summed E-state index contributed by atoms with van der Waals surface area (Å²) < 4.78 is 6.33. The van der Waals surface area contributed by atoms with Gasteiger partial charge in [0.15, 0.2) is 0 Å². The molecule has 0 amide bonds. The van der Waals surface area contributed by atoms with E-state index in [0.717, 1.165) is 20.8 Å². The van der Waals surface area contributed by atoms with Crippen LogP contribution in [0, 0.1) is 6.92 Å². The van der Waals surface area contributed by atoms with Crippen LogP contribution < -0.4 is 4.74 Å². The van der Waals surface area contributed by atoms with Crippen LogP contribution in [0.5, 0.6) is 5.75 Å². The highest BCUT2D eigenvalue weighted by Crippen LogP contribution is 2.33. The summed E-state index contributed by atoms with van der Waals surface area (Å²) in [7, 11) is 0. The van der Waals surface area contributed by atoms with Crippen molar-refractivity contribution in [2.24, 2.45) is 0 Å². The largest absolute Gasteiger partial charge is 0.422 e. The third kappa shape index (κ3) is 2.69. The Morgan fingerprint density at radius 3 is 2.48 bits per heavy atom. The average molecular weight is 341 g/mol. The first kappa shape index (κ1) is 13.8. The Bertz CT molecular complexity index is 824. The van der Waals surface area contributed by atoms with E-state index in [4.69, 9.17) is 4.74 Å². The van der Waals surface area contributed by atoms with Crippen LogP contribution in [0.4, 0.5) is 0 Å². The first-order chi connectivity index (χ1) is 10.2. The maximum Gasteiger partial charge on any atom is 0.343 e. The van der Waals surface area contributed by atoms with Gasteiger partial charge in [-0.3, -0.25) is 0 Å². The van der Waals surface area contributed by atoms with Gasteiger partial charge in [0, 0.05) is 0 Å². The number of hydrogen-bond acceptors (Lipinski definition) is 2. The fourth-order valence-corrected chi connectivity index (χ4v) is 2.82. The fourth-order valence-electron chi connectivity index (χ4n) is 2.25. The molecule has 0 bridgehead atoms. The molecule has 0 fully saturated rings. The van der Waals surface area contributed by atoms with E-state index in [1.165, 1.54) is 0 Å². The highest BCUT2D eigenvalue weighted by Gasteiger charge is 2.14. The van der Waals surface area contributed by atoms with Crippen LogP contribution in [0.25, 0.3) is 10.8 Å². The molecule has 0 saturated heterocycles. The van der Waals surface area contributed by atoms with E-state index < -0.39 is 0 Å². The molecule has 0 aliphatic carbocycles. The Kier molecular flexibility index (Phi) is 3.76. The molecule has 0 aliphatic rings. The van der Waals surface area contributed by atoms with Crippen molar-refractivity contribution >= 4 is 32.7 Å². The number of rotatable bonds is 2. The van der Waals surface area contributed by atoms with E-state index in [-0.39, 0.29) is 5.97 Å². The molecule has 0 aromatic heterocycles. The quantitative estimate of drug-likeness (QED) is 0.477. The van der Waals surface area contributed by atoms with Gasteiger partial charge in [-0.2, -0.15) is 0 Å². The van der Waals surface area contributed by atoms with Gasteiger partial charge in [0.1, 0.15) is 5.75 Å². The number of halogens is 1. The molecule has 0 radical (unpaired) electrons. The van der Waals surface area contributed by atoms with Crippen molar-refractivity contribution < 1.29 is 9.53 Å². The highest BCUT2D eigenvalue weighted by molar-refractivity contribution is 9.10. The van der Waals surface area contributed by atoms with Crippen molar-refractivity contribution in [1.29, 1.82) is 0 Å². The van der Waals surface area contributed by atoms with Gasteiger partial charge in [-0.15, -0.1) is 0 Å². The van der Waals surface area contributed by atoms with Gasteiger partial charge >= 0.3 is 5.97 Å². The predicted molar refractivity (Wildman–Crippen MR) is 87.8 cm³/mol. The molecule has 2 nitrogen and oxygen atoms in total. The molecule has 0 aliphatic heterocycles. The van der Waals surface area contributed by atoms with Crippen LogP contribution in [0.15, 0.2) is 65.1 Å². The summed E-state index contributed by atoms with van der Waals surface area (Å²) >= 11 is 3.52. The summed E-state index contributed by atoms with van der Waals surface area (Å²) in [5.41, 5.74) is 1.48. The smallest absolute Gasteiger partial charge is 0.343 e. The Hall–Kier alpha value is -2.13. The van der Waals surface area contributed by atoms with Gasteiger partial charge in [0.05, 0.1) is 10.0 Å². The van der Waals surface area contributed by atoms with Crippen LogP contribution in [-0.4, -0.2) is 5.97 Å². The number of aryl methyl sites for hydroxylation is 1. The van der Waals surface area contributed by atoms with Gasteiger partial charge in [-0.25, -0.2) is 4.79 Å². The second-order valence-corrected chi connectivity index (χ2v) is 5.60. The number of ether oxygens (including phenoxy) is 1.